The molecule has 0 unspecified atom stereocenters. The van der Waals surface area contributed by atoms with Crippen molar-refractivity contribution >= 4 is 40.7 Å². The largest absolute Gasteiger partial charge is 0.489 e. The highest BCUT2D eigenvalue weighted by molar-refractivity contribution is 6.35. The standard InChI is InChI=1S/C22H17Cl2N5O2/c23-17-4-3-15(20(24)10-17)13-31-18-5-1-14(2-6-18)9-16(11-25)21-19(12-26)22(27)29(28-21)7-8-30/h1-6,9-10,30H,7-8,13,27H2. The molecule has 1 aromatic heterocycles. The minimum atomic E-state index is -0.190. The molecule has 0 bridgehead atoms. The molecule has 0 saturated carbocycles. The van der Waals surface area contributed by atoms with Crippen molar-refractivity contribution in [1.29, 1.82) is 10.5 Å². The maximum absolute atomic E-state index is 9.59. The third-order valence-electron chi connectivity index (χ3n) is 4.39. The Bertz CT molecular complexity index is 1200. The molecule has 0 spiro atoms. The van der Waals surface area contributed by atoms with E-state index in [4.69, 9.17) is 38.8 Å². The molecule has 3 rings (SSSR count). The van der Waals surface area contributed by atoms with E-state index in [0.717, 1.165) is 5.56 Å². The molecule has 31 heavy (non-hydrogen) atoms. The van der Waals surface area contributed by atoms with E-state index in [1.807, 2.05) is 6.07 Å². The molecule has 0 aliphatic heterocycles. The monoisotopic (exact) mass is 453 g/mol. The first-order valence-electron chi connectivity index (χ1n) is 9.13. The Balaban J connectivity index is 1.79. The molecule has 7 nitrogen and oxygen atoms in total. The molecular formula is C22H17Cl2N5O2. The van der Waals surface area contributed by atoms with Crippen molar-refractivity contribution in [1.82, 2.24) is 9.78 Å². The first-order valence-corrected chi connectivity index (χ1v) is 9.88. The molecule has 1 heterocycles. The first kappa shape index (κ1) is 22.2. The number of ether oxygens (including phenoxy) is 1. The summed E-state index contributed by atoms with van der Waals surface area (Å²) in [6.07, 6.45) is 1.60. The highest BCUT2D eigenvalue weighted by Crippen LogP contribution is 2.26. The van der Waals surface area contributed by atoms with Crippen LogP contribution in [0.25, 0.3) is 11.6 Å². The van der Waals surface area contributed by atoms with Crippen molar-refractivity contribution in [2.24, 2.45) is 0 Å². The number of halogens is 2. The van der Waals surface area contributed by atoms with E-state index in [0.29, 0.717) is 21.4 Å². The fourth-order valence-corrected chi connectivity index (χ4v) is 3.28. The van der Waals surface area contributed by atoms with Gasteiger partial charge in [-0.1, -0.05) is 41.4 Å². The van der Waals surface area contributed by atoms with Crippen molar-refractivity contribution in [2.75, 3.05) is 12.3 Å². The predicted molar refractivity (Wildman–Crippen MR) is 119 cm³/mol. The molecule has 2 aromatic carbocycles. The number of nitriles is 2. The summed E-state index contributed by atoms with van der Waals surface area (Å²) in [4.78, 5) is 0. The molecule has 3 N–H and O–H groups in total. The molecule has 0 amide bonds. The lowest BCUT2D eigenvalue weighted by molar-refractivity contribution is 0.270. The Morgan fingerprint density at radius 2 is 1.94 bits per heavy atom. The van der Waals surface area contributed by atoms with E-state index < -0.39 is 0 Å². The van der Waals surface area contributed by atoms with E-state index in [1.54, 1.807) is 48.5 Å². The SMILES string of the molecule is N#CC(=Cc1ccc(OCc2ccc(Cl)cc2Cl)cc1)c1nn(CCO)c(N)c1C#N. The number of aliphatic hydroxyl groups is 1. The summed E-state index contributed by atoms with van der Waals surface area (Å²) in [5.74, 6) is 0.730. The summed E-state index contributed by atoms with van der Waals surface area (Å²) >= 11 is 12.1. The van der Waals surface area contributed by atoms with Crippen LogP contribution in [0.4, 0.5) is 5.82 Å². The van der Waals surface area contributed by atoms with Crippen LogP contribution in [0.1, 0.15) is 22.4 Å². The molecule has 0 radical (unpaired) electrons. The van der Waals surface area contributed by atoms with E-state index >= 15 is 0 Å². The smallest absolute Gasteiger partial charge is 0.140 e. The second kappa shape index (κ2) is 10.0. The third-order valence-corrected chi connectivity index (χ3v) is 4.98. The van der Waals surface area contributed by atoms with Crippen LogP contribution in [0, 0.1) is 22.7 Å². The number of rotatable bonds is 7. The Labute approximate surface area is 189 Å². The number of anilines is 1. The van der Waals surface area contributed by atoms with Crippen LogP contribution in [-0.2, 0) is 13.2 Å². The predicted octanol–water partition coefficient (Wildman–Crippen LogP) is 4.28. The lowest BCUT2D eigenvalue weighted by Crippen LogP contribution is -2.07. The molecule has 156 valence electrons. The van der Waals surface area contributed by atoms with Gasteiger partial charge in [0, 0.05) is 15.6 Å². The number of benzene rings is 2. The zero-order chi connectivity index (χ0) is 22.4. The zero-order valence-electron chi connectivity index (χ0n) is 16.2. The number of nitrogen functional groups attached to an aromatic ring is 1. The van der Waals surface area contributed by atoms with Crippen molar-refractivity contribution < 1.29 is 9.84 Å². The lowest BCUT2D eigenvalue weighted by atomic mass is 10.1. The van der Waals surface area contributed by atoms with Gasteiger partial charge in [-0.2, -0.15) is 15.6 Å². The molecule has 0 aliphatic carbocycles. The molecule has 0 fully saturated rings. The quantitative estimate of drug-likeness (QED) is 0.514. The third kappa shape index (κ3) is 5.17. The number of nitrogens with zero attached hydrogens (tertiary/aromatic N) is 4. The summed E-state index contributed by atoms with van der Waals surface area (Å²) in [6, 6.07) is 16.3. The number of hydrogen-bond donors (Lipinski definition) is 2. The Morgan fingerprint density at radius 3 is 2.55 bits per heavy atom. The Morgan fingerprint density at radius 1 is 1.19 bits per heavy atom. The topological polar surface area (TPSA) is 121 Å². The van der Waals surface area contributed by atoms with Crippen LogP contribution >= 0.6 is 23.2 Å². The van der Waals surface area contributed by atoms with Crippen molar-refractivity contribution in [3.8, 4) is 17.9 Å². The summed E-state index contributed by atoms with van der Waals surface area (Å²) < 4.78 is 7.06. The highest BCUT2D eigenvalue weighted by atomic mass is 35.5. The van der Waals surface area contributed by atoms with Gasteiger partial charge >= 0.3 is 0 Å². The summed E-state index contributed by atoms with van der Waals surface area (Å²) in [5, 5.41) is 33.4. The Kier molecular flexibility index (Phi) is 7.17. The van der Waals surface area contributed by atoms with E-state index in [9.17, 15) is 10.5 Å². The number of nitrogens with two attached hydrogens (primary N) is 1. The number of aromatic nitrogens is 2. The van der Waals surface area contributed by atoms with Gasteiger partial charge in [-0.05, 0) is 35.9 Å². The number of aliphatic hydroxyl groups excluding tert-OH is 1. The normalized spacial score (nSPS) is 11.1. The van der Waals surface area contributed by atoms with Gasteiger partial charge in [0.05, 0.1) is 18.7 Å². The fraction of sp³-hybridized carbons (Fsp3) is 0.136. The van der Waals surface area contributed by atoms with Gasteiger partial charge in [0.2, 0.25) is 0 Å². The van der Waals surface area contributed by atoms with Crippen LogP contribution in [-0.4, -0.2) is 21.5 Å². The molecule has 0 saturated heterocycles. The minimum absolute atomic E-state index is 0.0982. The number of hydrogen-bond acceptors (Lipinski definition) is 6. The van der Waals surface area contributed by atoms with Gasteiger partial charge in [-0.3, -0.25) is 0 Å². The van der Waals surface area contributed by atoms with Gasteiger partial charge in [-0.15, -0.1) is 0 Å². The molecule has 0 aliphatic rings. The molecular weight excluding hydrogens is 437 g/mol. The van der Waals surface area contributed by atoms with Crippen LogP contribution < -0.4 is 10.5 Å². The number of allylic oxidation sites excluding steroid dienone is 1. The van der Waals surface area contributed by atoms with Gasteiger partial charge in [-0.25, -0.2) is 4.68 Å². The fourth-order valence-electron chi connectivity index (χ4n) is 2.82. The van der Waals surface area contributed by atoms with Gasteiger partial charge < -0.3 is 15.6 Å². The van der Waals surface area contributed by atoms with Crippen LogP contribution in [0.2, 0.25) is 10.0 Å². The second-order valence-electron chi connectivity index (χ2n) is 6.43. The average molecular weight is 454 g/mol. The van der Waals surface area contributed by atoms with E-state index in [-0.39, 0.29) is 42.4 Å². The van der Waals surface area contributed by atoms with Crippen molar-refractivity contribution in [2.45, 2.75) is 13.2 Å². The van der Waals surface area contributed by atoms with E-state index in [2.05, 4.69) is 11.2 Å². The molecule has 0 atom stereocenters. The van der Waals surface area contributed by atoms with Crippen molar-refractivity contribution in [3.63, 3.8) is 0 Å². The van der Waals surface area contributed by atoms with Crippen molar-refractivity contribution in [3.05, 3.63) is 74.9 Å². The first-order chi connectivity index (χ1) is 15.0. The van der Waals surface area contributed by atoms with Crippen LogP contribution in [0.5, 0.6) is 5.75 Å². The lowest BCUT2D eigenvalue weighted by Gasteiger charge is -2.08. The van der Waals surface area contributed by atoms with Gasteiger partial charge in [0.1, 0.15) is 41.6 Å². The van der Waals surface area contributed by atoms with Gasteiger partial charge in [0.15, 0.2) is 0 Å². The minimum Gasteiger partial charge on any atom is -0.489 e. The maximum atomic E-state index is 9.59. The zero-order valence-corrected chi connectivity index (χ0v) is 17.7. The average Bonchev–Trinajstić information content (AvgIpc) is 3.07. The summed E-state index contributed by atoms with van der Waals surface area (Å²) in [5.41, 5.74) is 7.88. The molecule has 9 heteroatoms. The highest BCUT2D eigenvalue weighted by Gasteiger charge is 2.18. The van der Waals surface area contributed by atoms with E-state index in [1.165, 1.54) is 4.68 Å². The Hall–Kier alpha value is -3.49. The van der Waals surface area contributed by atoms with Gasteiger partial charge in [0.25, 0.3) is 0 Å². The summed E-state index contributed by atoms with van der Waals surface area (Å²) in [7, 11) is 0. The second-order valence-corrected chi connectivity index (χ2v) is 7.27. The maximum Gasteiger partial charge on any atom is 0.140 e. The van der Waals surface area contributed by atoms with Crippen LogP contribution in [0.3, 0.4) is 0 Å². The summed E-state index contributed by atoms with van der Waals surface area (Å²) in [6.45, 7) is 0.217. The molecule has 3 aromatic rings. The van der Waals surface area contributed by atoms with Crippen LogP contribution in [0.15, 0.2) is 42.5 Å².